The Morgan fingerprint density at radius 1 is 1.33 bits per heavy atom. The average molecular weight is 249 g/mol. The lowest BCUT2D eigenvalue weighted by atomic mass is 9.74. The van der Waals surface area contributed by atoms with Gasteiger partial charge in [-0.15, -0.1) is 0 Å². The highest BCUT2D eigenvalue weighted by atomic mass is 16.5. The third-order valence-corrected chi connectivity index (χ3v) is 3.23. The van der Waals surface area contributed by atoms with E-state index in [1.165, 1.54) is 0 Å². The number of para-hydroxylation sites is 1. The van der Waals surface area contributed by atoms with Crippen molar-refractivity contribution in [1.29, 1.82) is 0 Å². The number of benzene rings is 1. The van der Waals surface area contributed by atoms with Crippen molar-refractivity contribution in [2.45, 2.75) is 33.1 Å². The van der Waals surface area contributed by atoms with Gasteiger partial charge in [0.05, 0.1) is 7.11 Å². The Bertz CT molecular complexity index is 407. The molecule has 0 radical (unpaired) electrons. The summed E-state index contributed by atoms with van der Waals surface area (Å²) in [5, 5.41) is 2.70. The Hall–Kier alpha value is -1.51. The molecule has 0 aliphatic rings. The van der Waals surface area contributed by atoms with Crippen LogP contribution in [-0.4, -0.2) is 20.1 Å². The monoisotopic (exact) mass is 249 g/mol. The summed E-state index contributed by atoms with van der Waals surface area (Å²) in [5.74, 6) is 1.04. The van der Waals surface area contributed by atoms with E-state index in [2.05, 4.69) is 26.1 Å². The van der Waals surface area contributed by atoms with Gasteiger partial charge in [0, 0.05) is 19.4 Å². The molecule has 1 rings (SSSR count). The Morgan fingerprint density at radius 3 is 2.44 bits per heavy atom. The lowest BCUT2D eigenvalue weighted by Gasteiger charge is -2.31. The fourth-order valence-electron chi connectivity index (χ4n) is 2.12. The molecular weight excluding hydrogens is 226 g/mol. The predicted molar refractivity (Wildman–Crippen MR) is 73.9 cm³/mol. The summed E-state index contributed by atoms with van der Waals surface area (Å²) in [4.78, 5) is 11.7. The van der Waals surface area contributed by atoms with Gasteiger partial charge in [-0.05, 0) is 17.0 Å². The maximum absolute atomic E-state index is 11.7. The van der Waals surface area contributed by atoms with Crippen LogP contribution in [0.2, 0.25) is 0 Å². The van der Waals surface area contributed by atoms with Gasteiger partial charge < -0.3 is 10.1 Å². The number of hydrogen-bond acceptors (Lipinski definition) is 2. The Labute approximate surface area is 110 Å². The first-order chi connectivity index (χ1) is 8.40. The molecule has 0 spiro atoms. The van der Waals surface area contributed by atoms with Crippen molar-refractivity contribution >= 4 is 5.91 Å². The Balaban J connectivity index is 3.13. The molecular formula is C15H23NO2. The van der Waals surface area contributed by atoms with Crippen molar-refractivity contribution in [1.82, 2.24) is 5.32 Å². The molecule has 0 aliphatic heterocycles. The van der Waals surface area contributed by atoms with Crippen LogP contribution in [0.25, 0.3) is 0 Å². The average Bonchev–Trinajstić information content (AvgIpc) is 2.34. The molecule has 3 nitrogen and oxygen atoms in total. The van der Waals surface area contributed by atoms with Crippen molar-refractivity contribution in [3.8, 4) is 5.75 Å². The fraction of sp³-hybridized carbons (Fsp3) is 0.533. The second-order valence-electron chi connectivity index (χ2n) is 5.54. The number of carbonyl (C=O) groups is 1. The number of nitrogens with one attached hydrogen (secondary N) is 1. The van der Waals surface area contributed by atoms with E-state index in [9.17, 15) is 4.79 Å². The molecule has 1 atom stereocenters. The van der Waals surface area contributed by atoms with Crippen LogP contribution in [0.1, 0.15) is 38.7 Å². The number of amides is 1. The molecule has 1 aromatic rings. The van der Waals surface area contributed by atoms with E-state index in [1.54, 1.807) is 14.2 Å². The lowest BCUT2D eigenvalue weighted by molar-refractivity contribution is -0.121. The minimum absolute atomic E-state index is 0.00113. The molecule has 0 aromatic heterocycles. The summed E-state index contributed by atoms with van der Waals surface area (Å²) < 4.78 is 5.40. The smallest absolute Gasteiger partial charge is 0.220 e. The highest BCUT2D eigenvalue weighted by Crippen LogP contribution is 2.41. The molecule has 1 N–H and O–H groups in total. The van der Waals surface area contributed by atoms with E-state index >= 15 is 0 Å². The molecule has 1 amide bonds. The highest BCUT2D eigenvalue weighted by molar-refractivity contribution is 5.76. The summed E-state index contributed by atoms with van der Waals surface area (Å²) in [6.45, 7) is 6.44. The largest absolute Gasteiger partial charge is 0.496 e. The van der Waals surface area contributed by atoms with E-state index in [4.69, 9.17) is 4.74 Å². The second kappa shape index (κ2) is 5.89. The molecule has 0 saturated heterocycles. The zero-order valence-electron chi connectivity index (χ0n) is 11.9. The van der Waals surface area contributed by atoms with Crippen LogP contribution in [0, 0.1) is 5.41 Å². The first-order valence-corrected chi connectivity index (χ1v) is 6.23. The summed E-state index contributed by atoms with van der Waals surface area (Å²) in [5.41, 5.74) is 1.09. The van der Waals surface area contributed by atoms with Crippen LogP contribution in [0.4, 0.5) is 0 Å². The van der Waals surface area contributed by atoms with Gasteiger partial charge in [0.2, 0.25) is 5.91 Å². The quantitative estimate of drug-likeness (QED) is 0.891. The molecule has 0 heterocycles. The SMILES string of the molecule is CNC(=O)CC(c1ccccc1OC)C(C)(C)C. The van der Waals surface area contributed by atoms with E-state index in [-0.39, 0.29) is 17.2 Å². The molecule has 0 saturated carbocycles. The summed E-state index contributed by atoms with van der Waals surface area (Å²) in [6.07, 6.45) is 0.473. The van der Waals surface area contributed by atoms with Crippen LogP contribution >= 0.6 is 0 Å². The molecule has 18 heavy (non-hydrogen) atoms. The number of rotatable bonds is 4. The van der Waals surface area contributed by atoms with Gasteiger partial charge in [-0.25, -0.2) is 0 Å². The molecule has 3 heteroatoms. The first kappa shape index (κ1) is 14.6. The van der Waals surface area contributed by atoms with Gasteiger partial charge in [-0.1, -0.05) is 39.0 Å². The van der Waals surface area contributed by atoms with Crippen molar-refractivity contribution in [2.24, 2.45) is 5.41 Å². The number of ether oxygens (including phenoxy) is 1. The van der Waals surface area contributed by atoms with Gasteiger partial charge in [0.1, 0.15) is 5.75 Å². The van der Waals surface area contributed by atoms with Gasteiger partial charge >= 0.3 is 0 Å². The van der Waals surface area contributed by atoms with Crippen LogP contribution in [0.15, 0.2) is 24.3 Å². The highest BCUT2D eigenvalue weighted by Gasteiger charge is 2.30. The lowest BCUT2D eigenvalue weighted by Crippen LogP contribution is -2.27. The van der Waals surface area contributed by atoms with Gasteiger partial charge in [-0.3, -0.25) is 4.79 Å². The molecule has 0 aliphatic carbocycles. The Morgan fingerprint density at radius 2 is 1.94 bits per heavy atom. The number of carbonyl (C=O) groups excluding carboxylic acids is 1. The van der Waals surface area contributed by atoms with E-state index in [0.717, 1.165) is 11.3 Å². The van der Waals surface area contributed by atoms with Crippen molar-refractivity contribution in [3.05, 3.63) is 29.8 Å². The van der Waals surface area contributed by atoms with Gasteiger partial charge in [-0.2, -0.15) is 0 Å². The minimum Gasteiger partial charge on any atom is -0.496 e. The zero-order valence-corrected chi connectivity index (χ0v) is 11.9. The summed E-state index contributed by atoms with van der Waals surface area (Å²) >= 11 is 0. The Kier molecular flexibility index (Phi) is 4.76. The van der Waals surface area contributed by atoms with Crippen LogP contribution in [0.3, 0.4) is 0 Å². The summed E-state index contributed by atoms with van der Waals surface area (Å²) in [7, 11) is 3.34. The van der Waals surface area contributed by atoms with Crippen molar-refractivity contribution in [2.75, 3.05) is 14.2 Å². The zero-order chi connectivity index (χ0) is 13.8. The second-order valence-corrected chi connectivity index (χ2v) is 5.54. The normalized spacial score (nSPS) is 12.9. The van der Waals surface area contributed by atoms with Crippen LogP contribution in [-0.2, 0) is 4.79 Å². The molecule has 0 bridgehead atoms. The van der Waals surface area contributed by atoms with E-state index < -0.39 is 0 Å². The fourth-order valence-corrected chi connectivity index (χ4v) is 2.12. The summed E-state index contributed by atoms with van der Waals surface area (Å²) in [6, 6.07) is 7.91. The molecule has 0 fully saturated rings. The number of hydrogen-bond donors (Lipinski definition) is 1. The third-order valence-electron chi connectivity index (χ3n) is 3.23. The minimum atomic E-state index is 0.00113. The third kappa shape index (κ3) is 3.49. The van der Waals surface area contributed by atoms with Gasteiger partial charge in [0.25, 0.3) is 0 Å². The van der Waals surface area contributed by atoms with E-state index in [0.29, 0.717) is 6.42 Å². The van der Waals surface area contributed by atoms with E-state index in [1.807, 2.05) is 24.3 Å². The topological polar surface area (TPSA) is 38.3 Å². The van der Waals surface area contributed by atoms with Crippen LogP contribution < -0.4 is 10.1 Å². The molecule has 1 aromatic carbocycles. The first-order valence-electron chi connectivity index (χ1n) is 6.23. The van der Waals surface area contributed by atoms with Crippen molar-refractivity contribution < 1.29 is 9.53 Å². The standard InChI is InChI=1S/C15H23NO2/c1-15(2,3)12(10-14(17)16-4)11-8-6-7-9-13(11)18-5/h6-9,12H,10H2,1-5H3,(H,16,17). The maximum atomic E-state index is 11.7. The van der Waals surface area contributed by atoms with Crippen LogP contribution in [0.5, 0.6) is 5.75 Å². The molecule has 100 valence electrons. The molecule has 1 unspecified atom stereocenters. The predicted octanol–water partition coefficient (Wildman–Crippen LogP) is 2.96. The maximum Gasteiger partial charge on any atom is 0.220 e. The van der Waals surface area contributed by atoms with Gasteiger partial charge in [0.15, 0.2) is 0 Å². The number of methoxy groups -OCH3 is 1. The van der Waals surface area contributed by atoms with Crippen molar-refractivity contribution in [3.63, 3.8) is 0 Å².